The summed E-state index contributed by atoms with van der Waals surface area (Å²) in [5.74, 6) is 0.680. The highest BCUT2D eigenvalue weighted by molar-refractivity contribution is 5.79. The van der Waals surface area contributed by atoms with Gasteiger partial charge in [-0.1, -0.05) is 6.07 Å². The minimum atomic E-state index is 0.509. The fraction of sp³-hybridized carbons (Fsp3) is 0.533. The molecule has 2 unspecified atom stereocenters. The van der Waals surface area contributed by atoms with Crippen LogP contribution in [0.15, 0.2) is 18.2 Å². The van der Waals surface area contributed by atoms with Gasteiger partial charge in [0.15, 0.2) is 0 Å². The first-order valence-corrected chi connectivity index (χ1v) is 7.22. The second-order valence-corrected chi connectivity index (χ2v) is 5.93. The molecule has 0 amide bonds. The SMILES string of the molecule is Cc1ccc2c(c1)nc(N)n2C1CCN2CCCC12. The summed E-state index contributed by atoms with van der Waals surface area (Å²) in [5.41, 5.74) is 9.67. The van der Waals surface area contributed by atoms with Gasteiger partial charge in [0.25, 0.3) is 0 Å². The predicted octanol–water partition coefficient (Wildman–Crippen LogP) is 2.34. The molecule has 2 aromatic rings. The lowest BCUT2D eigenvalue weighted by molar-refractivity contribution is 0.293. The number of hydrogen-bond donors (Lipinski definition) is 1. The molecule has 2 aliphatic rings. The molecular weight excluding hydrogens is 236 g/mol. The van der Waals surface area contributed by atoms with Crippen LogP contribution < -0.4 is 5.73 Å². The van der Waals surface area contributed by atoms with Gasteiger partial charge in [0.05, 0.1) is 17.1 Å². The van der Waals surface area contributed by atoms with Crippen molar-refractivity contribution in [3.8, 4) is 0 Å². The lowest BCUT2D eigenvalue weighted by Crippen LogP contribution is -2.28. The Hall–Kier alpha value is -1.55. The van der Waals surface area contributed by atoms with E-state index in [-0.39, 0.29) is 0 Å². The summed E-state index contributed by atoms with van der Waals surface area (Å²) in [6.45, 7) is 4.57. The molecule has 2 N–H and O–H groups in total. The van der Waals surface area contributed by atoms with Gasteiger partial charge in [0, 0.05) is 12.6 Å². The smallest absolute Gasteiger partial charge is 0.201 e. The Balaban J connectivity index is 1.84. The van der Waals surface area contributed by atoms with E-state index in [1.165, 1.54) is 43.4 Å². The van der Waals surface area contributed by atoms with Crippen LogP contribution in [0, 0.1) is 6.92 Å². The Bertz CT molecular complexity index is 630. The molecule has 3 heterocycles. The van der Waals surface area contributed by atoms with Gasteiger partial charge in [-0.15, -0.1) is 0 Å². The number of imidazole rings is 1. The van der Waals surface area contributed by atoms with Crippen LogP contribution in [0.5, 0.6) is 0 Å². The molecule has 19 heavy (non-hydrogen) atoms. The number of rotatable bonds is 1. The van der Waals surface area contributed by atoms with E-state index in [2.05, 4.69) is 39.6 Å². The zero-order chi connectivity index (χ0) is 13.0. The molecule has 0 radical (unpaired) electrons. The van der Waals surface area contributed by atoms with Crippen LogP contribution in [0.1, 0.15) is 30.9 Å². The zero-order valence-electron chi connectivity index (χ0n) is 11.3. The van der Waals surface area contributed by atoms with Crippen molar-refractivity contribution in [3.05, 3.63) is 23.8 Å². The largest absolute Gasteiger partial charge is 0.369 e. The van der Waals surface area contributed by atoms with Gasteiger partial charge in [-0.05, 0) is 50.4 Å². The van der Waals surface area contributed by atoms with Gasteiger partial charge >= 0.3 is 0 Å². The Kier molecular flexibility index (Phi) is 2.36. The molecule has 4 heteroatoms. The van der Waals surface area contributed by atoms with Gasteiger partial charge in [-0.2, -0.15) is 0 Å². The molecule has 0 spiro atoms. The number of benzene rings is 1. The van der Waals surface area contributed by atoms with Gasteiger partial charge in [-0.3, -0.25) is 4.90 Å². The second-order valence-electron chi connectivity index (χ2n) is 5.93. The fourth-order valence-corrected chi connectivity index (χ4v) is 3.93. The van der Waals surface area contributed by atoms with Gasteiger partial charge < -0.3 is 10.3 Å². The van der Waals surface area contributed by atoms with Crippen LogP contribution in [0.2, 0.25) is 0 Å². The highest BCUT2D eigenvalue weighted by atomic mass is 15.3. The highest BCUT2D eigenvalue weighted by Crippen LogP contribution is 2.39. The maximum Gasteiger partial charge on any atom is 0.201 e. The number of nitrogens with zero attached hydrogens (tertiary/aromatic N) is 3. The lowest BCUT2D eigenvalue weighted by Gasteiger charge is -2.22. The monoisotopic (exact) mass is 256 g/mol. The summed E-state index contributed by atoms with van der Waals surface area (Å²) < 4.78 is 2.28. The average Bonchev–Trinajstić information content (AvgIpc) is 3.02. The van der Waals surface area contributed by atoms with E-state index in [4.69, 9.17) is 5.73 Å². The molecule has 2 aliphatic heterocycles. The van der Waals surface area contributed by atoms with E-state index in [0.717, 1.165) is 5.52 Å². The Labute approximate surface area is 113 Å². The number of anilines is 1. The molecule has 4 nitrogen and oxygen atoms in total. The quantitative estimate of drug-likeness (QED) is 0.852. The number of hydrogen-bond acceptors (Lipinski definition) is 3. The molecule has 2 saturated heterocycles. The average molecular weight is 256 g/mol. The van der Waals surface area contributed by atoms with Gasteiger partial charge in [0.1, 0.15) is 0 Å². The van der Waals surface area contributed by atoms with Gasteiger partial charge in [0.2, 0.25) is 5.95 Å². The van der Waals surface area contributed by atoms with Crippen LogP contribution in [-0.2, 0) is 0 Å². The molecule has 1 aromatic heterocycles. The van der Waals surface area contributed by atoms with Crippen molar-refractivity contribution in [2.75, 3.05) is 18.8 Å². The van der Waals surface area contributed by atoms with E-state index in [9.17, 15) is 0 Å². The summed E-state index contributed by atoms with van der Waals surface area (Å²) >= 11 is 0. The number of nitrogens with two attached hydrogens (primary N) is 1. The molecular formula is C15H20N4. The third-order valence-corrected chi connectivity index (χ3v) is 4.77. The Morgan fingerprint density at radius 2 is 2.11 bits per heavy atom. The molecule has 0 aliphatic carbocycles. The first-order chi connectivity index (χ1) is 9.24. The van der Waals surface area contributed by atoms with E-state index in [0.29, 0.717) is 18.0 Å². The summed E-state index contributed by atoms with van der Waals surface area (Å²) in [7, 11) is 0. The predicted molar refractivity (Wildman–Crippen MR) is 77.1 cm³/mol. The Morgan fingerprint density at radius 1 is 1.21 bits per heavy atom. The van der Waals surface area contributed by atoms with Crippen LogP contribution in [0.25, 0.3) is 11.0 Å². The summed E-state index contributed by atoms with van der Waals surface area (Å²) in [4.78, 5) is 7.17. The Morgan fingerprint density at radius 3 is 3.00 bits per heavy atom. The van der Waals surface area contributed by atoms with Crippen LogP contribution in [0.4, 0.5) is 5.95 Å². The van der Waals surface area contributed by atoms with E-state index >= 15 is 0 Å². The number of aryl methyl sites for hydroxylation is 1. The molecule has 1 aromatic carbocycles. The standard InChI is InChI=1S/C15H20N4/c1-10-4-5-12-11(9-10)17-15(16)19(12)14-6-8-18-7-2-3-13(14)18/h4-5,9,13-14H,2-3,6-8H2,1H3,(H2,16,17). The topological polar surface area (TPSA) is 47.1 Å². The highest BCUT2D eigenvalue weighted by Gasteiger charge is 2.39. The summed E-state index contributed by atoms with van der Waals surface area (Å²) in [6.07, 6.45) is 3.83. The first-order valence-electron chi connectivity index (χ1n) is 7.22. The first kappa shape index (κ1) is 11.3. The number of fused-ring (bicyclic) bond motifs is 2. The summed E-state index contributed by atoms with van der Waals surface area (Å²) in [6, 6.07) is 7.63. The zero-order valence-corrected chi connectivity index (χ0v) is 11.3. The fourth-order valence-electron chi connectivity index (χ4n) is 3.93. The molecule has 4 rings (SSSR count). The van der Waals surface area contributed by atoms with Crippen molar-refractivity contribution < 1.29 is 0 Å². The maximum atomic E-state index is 6.20. The van der Waals surface area contributed by atoms with E-state index < -0.39 is 0 Å². The normalized spacial score (nSPS) is 27.2. The minimum absolute atomic E-state index is 0.509. The van der Waals surface area contributed by atoms with Crippen molar-refractivity contribution in [2.45, 2.75) is 38.3 Å². The number of nitrogen functional groups attached to an aromatic ring is 1. The van der Waals surface area contributed by atoms with Crippen molar-refractivity contribution >= 4 is 17.0 Å². The van der Waals surface area contributed by atoms with Crippen LogP contribution in [0.3, 0.4) is 0 Å². The lowest BCUT2D eigenvalue weighted by atomic mass is 10.1. The second kappa shape index (κ2) is 3.97. The van der Waals surface area contributed by atoms with Crippen molar-refractivity contribution in [3.63, 3.8) is 0 Å². The van der Waals surface area contributed by atoms with Crippen molar-refractivity contribution in [2.24, 2.45) is 0 Å². The molecule has 2 atom stereocenters. The third kappa shape index (κ3) is 1.59. The molecule has 100 valence electrons. The third-order valence-electron chi connectivity index (χ3n) is 4.77. The molecule has 2 fully saturated rings. The molecule has 0 saturated carbocycles. The number of aromatic nitrogens is 2. The summed E-state index contributed by atoms with van der Waals surface area (Å²) in [5, 5.41) is 0. The van der Waals surface area contributed by atoms with E-state index in [1.807, 2.05) is 0 Å². The molecule has 0 bridgehead atoms. The maximum absolute atomic E-state index is 6.20. The minimum Gasteiger partial charge on any atom is -0.369 e. The van der Waals surface area contributed by atoms with Gasteiger partial charge in [-0.25, -0.2) is 4.98 Å². The van der Waals surface area contributed by atoms with Crippen LogP contribution >= 0.6 is 0 Å². The van der Waals surface area contributed by atoms with Crippen molar-refractivity contribution in [1.82, 2.24) is 14.5 Å². The van der Waals surface area contributed by atoms with Crippen LogP contribution in [-0.4, -0.2) is 33.6 Å². The van der Waals surface area contributed by atoms with Crippen molar-refractivity contribution in [1.29, 1.82) is 0 Å². The van der Waals surface area contributed by atoms with E-state index in [1.54, 1.807) is 0 Å².